The van der Waals surface area contributed by atoms with Crippen LogP contribution in [0.2, 0.25) is 0 Å². The maximum atomic E-state index is 12.7. The monoisotopic (exact) mass is 1110 g/mol. The Kier molecular flexibility index (Phi) is 63.4. The first-order valence-corrected chi connectivity index (χ1v) is 36.0. The van der Waals surface area contributed by atoms with Gasteiger partial charge in [0.05, 0.1) is 13.2 Å². The maximum absolute atomic E-state index is 12.7. The highest BCUT2D eigenvalue weighted by Gasteiger charge is 2.26. The van der Waals surface area contributed by atoms with Crippen molar-refractivity contribution in [2.75, 3.05) is 26.4 Å². The summed E-state index contributed by atoms with van der Waals surface area (Å²) >= 11 is 0. The fourth-order valence-electron chi connectivity index (χ4n) is 10.9. The lowest BCUT2D eigenvalue weighted by atomic mass is 10.0. The second-order valence-corrected chi connectivity index (χ2v) is 25.2. The lowest BCUT2D eigenvalue weighted by Crippen LogP contribution is -2.29. The molecular weight excluding hydrogens is 978 g/mol. The Bertz CT molecular complexity index is 1220. The Labute approximate surface area is 479 Å². The number of hydrogen-bond acceptors (Lipinski definition) is 8. The summed E-state index contributed by atoms with van der Waals surface area (Å²) in [7, 11) is -4.38. The quantitative estimate of drug-likeness (QED) is 0.0347. The molecule has 2 unspecified atom stereocenters. The van der Waals surface area contributed by atoms with Gasteiger partial charge in [-0.05, 0) is 12.8 Å². The van der Waals surface area contributed by atoms with Crippen LogP contribution < -0.4 is 5.73 Å². The lowest BCUT2D eigenvalue weighted by molar-refractivity contribution is -0.161. The van der Waals surface area contributed by atoms with Crippen molar-refractivity contribution in [1.82, 2.24) is 0 Å². The minimum atomic E-state index is -4.38. The number of phosphoric ester groups is 1. The second kappa shape index (κ2) is 64.2. The van der Waals surface area contributed by atoms with Crippen LogP contribution >= 0.6 is 7.82 Å². The molecule has 0 radical (unpaired) electrons. The number of unbranched alkanes of at least 4 members (excludes halogenated alkanes) is 54. The first-order chi connectivity index (χ1) is 37.8. The van der Waals surface area contributed by atoms with Gasteiger partial charge in [0.25, 0.3) is 0 Å². The van der Waals surface area contributed by atoms with E-state index in [1.165, 1.54) is 321 Å². The predicted octanol–water partition coefficient (Wildman–Crippen LogP) is 22.2. The van der Waals surface area contributed by atoms with Gasteiger partial charge >= 0.3 is 19.8 Å². The normalized spacial score (nSPS) is 12.8. The van der Waals surface area contributed by atoms with E-state index in [0.717, 1.165) is 32.1 Å². The smallest absolute Gasteiger partial charge is 0.462 e. The maximum Gasteiger partial charge on any atom is 0.472 e. The minimum Gasteiger partial charge on any atom is -0.462 e. The van der Waals surface area contributed by atoms with Crippen LogP contribution in [-0.2, 0) is 32.7 Å². The van der Waals surface area contributed by atoms with E-state index in [-0.39, 0.29) is 38.6 Å². The second-order valence-electron chi connectivity index (χ2n) is 23.8. The van der Waals surface area contributed by atoms with E-state index in [0.29, 0.717) is 6.42 Å². The van der Waals surface area contributed by atoms with Crippen molar-refractivity contribution in [3.05, 3.63) is 0 Å². The zero-order valence-electron chi connectivity index (χ0n) is 51.7. The van der Waals surface area contributed by atoms with Crippen molar-refractivity contribution >= 4 is 19.8 Å². The largest absolute Gasteiger partial charge is 0.472 e. The minimum absolute atomic E-state index is 0.0586. The van der Waals surface area contributed by atoms with E-state index in [1.54, 1.807) is 0 Å². The van der Waals surface area contributed by atoms with Crippen molar-refractivity contribution < 1.29 is 37.6 Å². The molecule has 0 saturated carbocycles. The molecule has 0 aliphatic carbocycles. The van der Waals surface area contributed by atoms with Gasteiger partial charge in [0.15, 0.2) is 6.10 Å². The predicted molar refractivity (Wildman–Crippen MR) is 331 cm³/mol. The van der Waals surface area contributed by atoms with E-state index < -0.39 is 26.5 Å². The number of ether oxygens (including phenoxy) is 2. The van der Waals surface area contributed by atoms with Crippen LogP contribution in [0.4, 0.5) is 0 Å². The molecule has 0 aromatic carbocycles. The SMILES string of the molecule is CCCCCCCCCCCCCCCCCCCCCCCCCCCCCCCCCCCCCCCCCCCC(=O)OC(COC(=O)CCCCCCCCCCCCCCCCC)COP(=O)(O)OCCN. The van der Waals surface area contributed by atoms with Gasteiger partial charge in [0, 0.05) is 19.4 Å². The number of nitrogens with two attached hydrogens (primary N) is 1. The summed E-state index contributed by atoms with van der Waals surface area (Å²) < 4.78 is 33.1. The van der Waals surface area contributed by atoms with Gasteiger partial charge in [-0.25, -0.2) is 4.57 Å². The number of esters is 2. The van der Waals surface area contributed by atoms with E-state index >= 15 is 0 Å². The van der Waals surface area contributed by atoms with Crippen molar-refractivity contribution in [2.24, 2.45) is 5.73 Å². The average Bonchev–Trinajstić information content (AvgIpc) is 3.42. The average molecular weight is 1110 g/mol. The molecule has 0 rings (SSSR count). The Hall–Kier alpha value is -0.990. The molecule has 0 amide bonds. The zero-order valence-corrected chi connectivity index (χ0v) is 52.6. The van der Waals surface area contributed by atoms with Gasteiger partial charge in [-0.1, -0.05) is 361 Å². The third kappa shape index (κ3) is 64.1. The van der Waals surface area contributed by atoms with E-state index in [9.17, 15) is 19.0 Å². The van der Waals surface area contributed by atoms with Crippen molar-refractivity contribution in [2.45, 2.75) is 392 Å². The standard InChI is InChI=1S/C67H134NO8P/c1-3-5-7-9-11-13-15-17-19-20-21-22-23-24-25-26-27-28-29-30-31-32-33-34-35-36-37-38-39-40-41-42-43-44-46-48-50-52-54-56-58-60-67(70)76-65(64-75-77(71,72)74-62-61-68)63-73-66(69)59-57-55-53-51-49-47-45-18-16-14-12-10-8-6-4-2/h65H,3-64,68H2,1-2H3,(H,71,72). The first kappa shape index (κ1) is 76.0. The third-order valence-electron chi connectivity index (χ3n) is 16.0. The first-order valence-electron chi connectivity index (χ1n) is 34.5. The number of carbonyl (C=O) groups excluding carboxylic acids is 2. The topological polar surface area (TPSA) is 134 Å². The molecule has 3 N–H and O–H groups in total. The van der Waals surface area contributed by atoms with Gasteiger partial charge in [0.2, 0.25) is 0 Å². The number of hydrogen-bond donors (Lipinski definition) is 2. The summed E-state index contributed by atoms with van der Waals surface area (Å²) in [5, 5.41) is 0. The van der Waals surface area contributed by atoms with Crippen LogP contribution in [0, 0.1) is 0 Å². The van der Waals surface area contributed by atoms with E-state index in [2.05, 4.69) is 13.8 Å². The summed E-state index contributed by atoms with van der Waals surface area (Å²) in [6, 6.07) is 0. The molecule has 0 saturated heterocycles. The van der Waals surface area contributed by atoms with E-state index in [4.69, 9.17) is 24.3 Å². The Morgan fingerprint density at radius 2 is 0.558 bits per heavy atom. The molecule has 460 valence electrons. The lowest BCUT2D eigenvalue weighted by Gasteiger charge is -2.19. The van der Waals surface area contributed by atoms with Gasteiger partial charge in [-0.2, -0.15) is 0 Å². The molecule has 10 heteroatoms. The molecule has 0 bridgehead atoms. The highest BCUT2D eigenvalue weighted by molar-refractivity contribution is 7.47. The van der Waals surface area contributed by atoms with Crippen molar-refractivity contribution in [1.29, 1.82) is 0 Å². The fourth-order valence-corrected chi connectivity index (χ4v) is 11.6. The van der Waals surface area contributed by atoms with Gasteiger partial charge < -0.3 is 20.1 Å². The molecule has 0 spiro atoms. The molecule has 77 heavy (non-hydrogen) atoms. The summed E-state index contributed by atoms with van der Waals surface area (Å²) in [6.07, 6.45) is 75.2. The number of rotatable bonds is 67. The molecule has 0 heterocycles. The van der Waals surface area contributed by atoms with Crippen LogP contribution in [0.15, 0.2) is 0 Å². The van der Waals surface area contributed by atoms with E-state index in [1.807, 2.05) is 0 Å². The number of phosphoric acid groups is 1. The van der Waals surface area contributed by atoms with Crippen LogP contribution in [-0.4, -0.2) is 49.3 Å². The van der Waals surface area contributed by atoms with Gasteiger partial charge in [0.1, 0.15) is 6.61 Å². The van der Waals surface area contributed by atoms with Crippen LogP contribution in [0.5, 0.6) is 0 Å². The van der Waals surface area contributed by atoms with Gasteiger partial charge in [-0.15, -0.1) is 0 Å². The molecule has 9 nitrogen and oxygen atoms in total. The number of carbonyl (C=O) groups is 2. The molecule has 0 aliphatic heterocycles. The highest BCUT2D eigenvalue weighted by atomic mass is 31.2. The molecule has 0 fully saturated rings. The highest BCUT2D eigenvalue weighted by Crippen LogP contribution is 2.43. The third-order valence-corrected chi connectivity index (χ3v) is 17.0. The molecule has 0 aromatic heterocycles. The molecule has 0 aliphatic rings. The van der Waals surface area contributed by atoms with Crippen LogP contribution in [0.25, 0.3) is 0 Å². The van der Waals surface area contributed by atoms with Gasteiger partial charge in [-0.3, -0.25) is 18.6 Å². The van der Waals surface area contributed by atoms with Crippen LogP contribution in [0.3, 0.4) is 0 Å². The molecule has 0 aromatic rings. The summed E-state index contributed by atoms with van der Waals surface area (Å²) in [4.78, 5) is 35.2. The zero-order chi connectivity index (χ0) is 55.9. The van der Waals surface area contributed by atoms with Crippen LogP contribution in [0.1, 0.15) is 386 Å². The summed E-state index contributed by atoms with van der Waals surface area (Å²) in [5.74, 6) is -0.802. The van der Waals surface area contributed by atoms with Crippen molar-refractivity contribution in [3.8, 4) is 0 Å². The molecule has 2 atom stereocenters. The Morgan fingerprint density at radius 3 is 0.792 bits per heavy atom. The Morgan fingerprint density at radius 1 is 0.338 bits per heavy atom. The molecular formula is C67H134NO8P. The summed E-state index contributed by atoms with van der Waals surface area (Å²) in [6.45, 7) is 3.82. The van der Waals surface area contributed by atoms with Crippen molar-refractivity contribution in [3.63, 3.8) is 0 Å². The fraction of sp³-hybridized carbons (Fsp3) is 0.970. The summed E-state index contributed by atoms with van der Waals surface area (Å²) in [5.41, 5.74) is 5.39. The Balaban J connectivity index is 3.67.